The van der Waals surface area contributed by atoms with Crippen molar-refractivity contribution in [3.63, 3.8) is 0 Å². The zero-order valence-corrected chi connectivity index (χ0v) is 20.4. The van der Waals surface area contributed by atoms with Crippen LogP contribution < -0.4 is 15.0 Å². The van der Waals surface area contributed by atoms with Gasteiger partial charge in [-0.05, 0) is 49.6 Å². The van der Waals surface area contributed by atoms with Gasteiger partial charge in [-0.2, -0.15) is 5.10 Å². The second-order valence-electron chi connectivity index (χ2n) is 8.67. The molecular formula is C27H28ClN5O2. The highest BCUT2D eigenvalue weighted by Gasteiger charge is 2.28. The van der Waals surface area contributed by atoms with Crippen LogP contribution in [0.3, 0.4) is 0 Å². The van der Waals surface area contributed by atoms with Gasteiger partial charge in [-0.15, -0.1) is 0 Å². The summed E-state index contributed by atoms with van der Waals surface area (Å²) in [5.74, 6) is 1.65. The molecule has 1 saturated heterocycles. The zero-order valence-electron chi connectivity index (χ0n) is 19.7. The zero-order chi connectivity index (χ0) is 24.2. The number of piperidine rings is 1. The Hall–Kier alpha value is -3.58. The number of benzene rings is 2. The third-order valence-electron chi connectivity index (χ3n) is 6.31. The van der Waals surface area contributed by atoms with Gasteiger partial charge in [-0.1, -0.05) is 41.9 Å². The number of rotatable bonds is 7. The fourth-order valence-electron chi connectivity index (χ4n) is 4.54. The van der Waals surface area contributed by atoms with E-state index in [0.717, 1.165) is 53.3 Å². The predicted molar refractivity (Wildman–Crippen MR) is 138 cm³/mol. The molecule has 0 aliphatic carbocycles. The topological polar surface area (TPSA) is 71.8 Å². The molecule has 1 aliphatic heterocycles. The van der Waals surface area contributed by atoms with Crippen molar-refractivity contribution in [2.24, 2.45) is 5.92 Å². The maximum Gasteiger partial charge on any atom is 0.225 e. The maximum absolute atomic E-state index is 13.0. The first kappa shape index (κ1) is 23.2. The standard InChI is InChI=1S/C27H28ClN5O2/c1-2-35-21-11-9-19(10-12-21)17-30-27(34)20-6-5-14-32(18-20)26-25-16-24(31-33(25)15-13-29-26)22-7-3-4-8-23(22)28/h3-4,7-13,15-16,20H,2,5-6,14,17-18H2,1H3,(H,30,34)/t20-/m0/s1. The van der Waals surface area contributed by atoms with Gasteiger partial charge in [0.2, 0.25) is 5.91 Å². The second kappa shape index (κ2) is 10.4. The first-order valence-electron chi connectivity index (χ1n) is 12.0. The fourth-order valence-corrected chi connectivity index (χ4v) is 4.77. The number of hydrogen-bond donors (Lipinski definition) is 1. The molecule has 0 spiro atoms. The lowest BCUT2D eigenvalue weighted by Crippen LogP contribution is -2.43. The van der Waals surface area contributed by atoms with E-state index < -0.39 is 0 Å². The lowest BCUT2D eigenvalue weighted by molar-refractivity contribution is -0.125. The Kier molecular flexibility index (Phi) is 6.86. The summed E-state index contributed by atoms with van der Waals surface area (Å²) in [6.07, 6.45) is 5.37. The summed E-state index contributed by atoms with van der Waals surface area (Å²) in [5, 5.41) is 8.47. The number of halogens is 1. The highest BCUT2D eigenvalue weighted by atomic mass is 35.5. The molecule has 1 atom stereocenters. The van der Waals surface area contributed by atoms with Crippen LogP contribution in [0.5, 0.6) is 5.75 Å². The van der Waals surface area contributed by atoms with Gasteiger partial charge in [-0.3, -0.25) is 4.79 Å². The number of hydrogen-bond acceptors (Lipinski definition) is 5. The second-order valence-corrected chi connectivity index (χ2v) is 9.08. The van der Waals surface area contributed by atoms with E-state index in [0.29, 0.717) is 24.7 Å². The first-order chi connectivity index (χ1) is 17.1. The minimum Gasteiger partial charge on any atom is -0.494 e. The van der Waals surface area contributed by atoms with Crippen LogP contribution in [0, 0.1) is 5.92 Å². The number of nitrogens with zero attached hydrogens (tertiary/aromatic N) is 4. The van der Waals surface area contributed by atoms with Gasteiger partial charge in [0.05, 0.1) is 23.2 Å². The Balaban J connectivity index is 1.29. The molecule has 4 aromatic rings. The van der Waals surface area contributed by atoms with E-state index in [1.165, 1.54) is 0 Å². The minimum absolute atomic E-state index is 0.0702. The monoisotopic (exact) mass is 489 g/mol. The predicted octanol–water partition coefficient (Wildman–Crippen LogP) is 4.98. The quantitative estimate of drug-likeness (QED) is 0.396. The SMILES string of the molecule is CCOc1ccc(CNC(=O)[C@H]2CCCN(c3nccn4nc(-c5ccccc5Cl)cc34)C2)cc1. The van der Waals surface area contributed by atoms with E-state index in [9.17, 15) is 4.79 Å². The smallest absolute Gasteiger partial charge is 0.225 e. The van der Waals surface area contributed by atoms with E-state index in [1.54, 1.807) is 6.20 Å². The van der Waals surface area contributed by atoms with Crippen molar-refractivity contribution >= 4 is 28.8 Å². The highest BCUT2D eigenvalue weighted by Crippen LogP contribution is 2.31. The Morgan fingerprint density at radius 3 is 2.83 bits per heavy atom. The Bertz CT molecular complexity index is 1320. The molecule has 1 amide bonds. The number of fused-ring (bicyclic) bond motifs is 1. The van der Waals surface area contributed by atoms with Gasteiger partial charge < -0.3 is 15.0 Å². The Morgan fingerprint density at radius 2 is 2.03 bits per heavy atom. The van der Waals surface area contributed by atoms with E-state index in [4.69, 9.17) is 21.4 Å². The average molecular weight is 490 g/mol. The molecular weight excluding hydrogens is 462 g/mol. The number of amides is 1. The summed E-state index contributed by atoms with van der Waals surface area (Å²) in [4.78, 5) is 19.8. The lowest BCUT2D eigenvalue weighted by Gasteiger charge is -2.33. The minimum atomic E-state index is -0.0977. The van der Waals surface area contributed by atoms with Crippen LogP contribution in [0.1, 0.15) is 25.3 Å². The van der Waals surface area contributed by atoms with Crippen LogP contribution in [0.25, 0.3) is 16.8 Å². The van der Waals surface area contributed by atoms with Crippen LogP contribution in [0.15, 0.2) is 67.0 Å². The average Bonchev–Trinajstić information content (AvgIpc) is 3.33. The molecule has 8 heteroatoms. The van der Waals surface area contributed by atoms with Crippen molar-refractivity contribution in [1.29, 1.82) is 0 Å². The first-order valence-corrected chi connectivity index (χ1v) is 12.3. The van der Waals surface area contributed by atoms with Crippen LogP contribution >= 0.6 is 11.6 Å². The van der Waals surface area contributed by atoms with Gasteiger partial charge in [-0.25, -0.2) is 9.50 Å². The van der Waals surface area contributed by atoms with Gasteiger partial charge in [0.1, 0.15) is 11.3 Å². The maximum atomic E-state index is 13.0. The Labute approximate surface area is 209 Å². The summed E-state index contributed by atoms with van der Waals surface area (Å²) in [7, 11) is 0. The summed E-state index contributed by atoms with van der Waals surface area (Å²) >= 11 is 6.40. The molecule has 2 aromatic heterocycles. The molecule has 7 nitrogen and oxygen atoms in total. The van der Waals surface area contributed by atoms with Crippen LogP contribution in [-0.4, -0.2) is 40.2 Å². The summed E-state index contributed by atoms with van der Waals surface area (Å²) < 4.78 is 7.32. The molecule has 0 bridgehead atoms. The molecule has 1 aliphatic rings. The van der Waals surface area contributed by atoms with Gasteiger partial charge in [0.15, 0.2) is 5.82 Å². The van der Waals surface area contributed by atoms with E-state index in [1.807, 2.05) is 72.2 Å². The molecule has 2 aromatic carbocycles. The number of anilines is 1. The largest absolute Gasteiger partial charge is 0.494 e. The molecule has 1 N–H and O–H groups in total. The molecule has 35 heavy (non-hydrogen) atoms. The number of aromatic nitrogens is 3. The normalized spacial score (nSPS) is 15.8. The van der Waals surface area contributed by atoms with Crippen molar-refractivity contribution in [3.05, 3.63) is 77.6 Å². The number of nitrogens with one attached hydrogen (secondary N) is 1. The lowest BCUT2D eigenvalue weighted by atomic mass is 9.97. The van der Waals surface area contributed by atoms with Gasteiger partial charge >= 0.3 is 0 Å². The number of carbonyl (C=O) groups is 1. The fraction of sp³-hybridized carbons (Fsp3) is 0.296. The van der Waals surface area contributed by atoms with Crippen LogP contribution in [0.4, 0.5) is 5.82 Å². The Morgan fingerprint density at radius 1 is 1.20 bits per heavy atom. The van der Waals surface area contributed by atoms with Crippen molar-refractivity contribution in [3.8, 4) is 17.0 Å². The molecule has 0 unspecified atom stereocenters. The van der Waals surface area contributed by atoms with Crippen LogP contribution in [0.2, 0.25) is 5.02 Å². The van der Waals surface area contributed by atoms with E-state index in [2.05, 4.69) is 15.2 Å². The van der Waals surface area contributed by atoms with E-state index >= 15 is 0 Å². The van der Waals surface area contributed by atoms with E-state index in [-0.39, 0.29) is 11.8 Å². The summed E-state index contributed by atoms with van der Waals surface area (Å²) in [6.45, 7) is 4.57. The van der Waals surface area contributed by atoms with Crippen molar-refractivity contribution in [1.82, 2.24) is 19.9 Å². The third kappa shape index (κ3) is 5.10. The van der Waals surface area contributed by atoms with Gasteiger partial charge in [0, 0.05) is 37.6 Å². The molecule has 0 radical (unpaired) electrons. The number of ether oxygens (including phenoxy) is 1. The van der Waals surface area contributed by atoms with Gasteiger partial charge in [0.25, 0.3) is 0 Å². The molecule has 180 valence electrons. The van der Waals surface area contributed by atoms with Crippen molar-refractivity contribution in [2.75, 3.05) is 24.6 Å². The third-order valence-corrected chi connectivity index (χ3v) is 6.64. The molecule has 1 fully saturated rings. The number of carbonyl (C=O) groups excluding carboxylic acids is 1. The van der Waals surface area contributed by atoms with Crippen molar-refractivity contribution < 1.29 is 9.53 Å². The molecule has 0 saturated carbocycles. The van der Waals surface area contributed by atoms with Crippen LogP contribution in [-0.2, 0) is 11.3 Å². The highest BCUT2D eigenvalue weighted by molar-refractivity contribution is 6.33. The van der Waals surface area contributed by atoms with Crippen molar-refractivity contribution in [2.45, 2.75) is 26.3 Å². The molecule has 5 rings (SSSR count). The summed E-state index contributed by atoms with van der Waals surface area (Å²) in [5.41, 5.74) is 3.63. The molecule has 3 heterocycles. The summed E-state index contributed by atoms with van der Waals surface area (Å²) in [6, 6.07) is 17.5.